The van der Waals surface area contributed by atoms with E-state index >= 15 is 0 Å². The van der Waals surface area contributed by atoms with Gasteiger partial charge in [-0.3, -0.25) is 4.79 Å². The minimum Gasteiger partial charge on any atom is -0.391 e. The fraction of sp³-hybridized carbons (Fsp3) is 0.467. The molecule has 2 aromatic heterocycles. The highest BCUT2D eigenvalue weighted by molar-refractivity contribution is 7.07. The fourth-order valence-corrected chi connectivity index (χ4v) is 3.48. The highest BCUT2D eigenvalue weighted by Crippen LogP contribution is 2.23. The van der Waals surface area contributed by atoms with Gasteiger partial charge in [-0.2, -0.15) is 11.3 Å². The van der Waals surface area contributed by atoms with E-state index in [9.17, 15) is 9.90 Å². The van der Waals surface area contributed by atoms with E-state index in [0.29, 0.717) is 25.9 Å². The molecule has 0 aliphatic carbocycles. The maximum absolute atomic E-state index is 12.3. The number of rotatable bonds is 3. The molecule has 3 heterocycles. The lowest BCUT2D eigenvalue weighted by Crippen LogP contribution is -2.33. The number of thiophene rings is 1. The number of hydrogen-bond acceptors (Lipinski definition) is 4. The lowest BCUT2D eigenvalue weighted by molar-refractivity contribution is -0.130. The number of aromatic nitrogens is 2. The topological polar surface area (TPSA) is 58.4 Å². The molecule has 3 rings (SSSR count). The van der Waals surface area contributed by atoms with E-state index in [-0.39, 0.29) is 11.9 Å². The van der Waals surface area contributed by atoms with E-state index in [4.69, 9.17) is 0 Å². The van der Waals surface area contributed by atoms with Crippen LogP contribution in [0.15, 0.2) is 35.5 Å². The van der Waals surface area contributed by atoms with Gasteiger partial charge in [-0.05, 0) is 35.2 Å². The summed E-state index contributed by atoms with van der Waals surface area (Å²) in [4.78, 5) is 18.3. The summed E-state index contributed by atoms with van der Waals surface area (Å²) in [6, 6.07) is 2.00. The van der Waals surface area contributed by atoms with Crippen LogP contribution in [0.4, 0.5) is 0 Å². The van der Waals surface area contributed by atoms with Crippen molar-refractivity contribution in [1.82, 2.24) is 14.5 Å². The number of aliphatic hydroxyl groups is 1. The molecule has 2 aromatic rings. The highest BCUT2D eigenvalue weighted by atomic mass is 32.1. The number of aliphatic hydroxyl groups excluding tert-OH is 1. The predicted molar refractivity (Wildman–Crippen MR) is 81.1 cm³/mol. The van der Waals surface area contributed by atoms with E-state index in [1.807, 2.05) is 32.5 Å². The molecule has 5 nitrogen and oxygen atoms in total. The molecule has 1 aliphatic heterocycles. The van der Waals surface area contributed by atoms with Crippen molar-refractivity contribution in [1.29, 1.82) is 0 Å². The van der Waals surface area contributed by atoms with Gasteiger partial charge in [-0.25, -0.2) is 4.98 Å². The van der Waals surface area contributed by atoms with Crippen LogP contribution in [0, 0.1) is 0 Å². The highest BCUT2D eigenvalue weighted by Gasteiger charge is 2.27. The predicted octanol–water partition coefficient (Wildman–Crippen LogP) is 1.71. The smallest absolute Gasteiger partial charge is 0.227 e. The maximum atomic E-state index is 12.3. The van der Waals surface area contributed by atoms with Crippen LogP contribution in [0.1, 0.15) is 24.4 Å². The van der Waals surface area contributed by atoms with Gasteiger partial charge in [0.25, 0.3) is 0 Å². The van der Waals surface area contributed by atoms with Gasteiger partial charge < -0.3 is 14.6 Å². The SMILES string of the molecule is O=C(Cc1ccsc1)N1CC[C@H](O)[C@@H](n2ccnc2)CC1. The van der Waals surface area contributed by atoms with Crippen molar-refractivity contribution in [3.8, 4) is 0 Å². The maximum Gasteiger partial charge on any atom is 0.227 e. The third kappa shape index (κ3) is 3.33. The third-order valence-corrected chi connectivity index (χ3v) is 4.76. The van der Waals surface area contributed by atoms with Crippen LogP contribution in [0.2, 0.25) is 0 Å². The Labute approximate surface area is 127 Å². The third-order valence-electron chi connectivity index (χ3n) is 4.03. The monoisotopic (exact) mass is 305 g/mol. The molecule has 1 amide bonds. The second-order valence-electron chi connectivity index (χ2n) is 5.41. The number of imidazole rings is 1. The Balaban J connectivity index is 1.63. The molecule has 21 heavy (non-hydrogen) atoms. The Morgan fingerprint density at radius 1 is 1.43 bits per heavy atom. The summed E-state index contributed by atoms with van der Waals surface area (Å²) in [5.41, 5.74) is 1.07. The van der Waals surface area contributed by atoms with Gasteiger partial charge in [0, 0.05) is 25.5 Å². The van der Waals surface area contributed by atoms with Crippen LogP contribution in [-0.4, -0.2) is 44.7 Å². The van der Waals surface area contributed by atoms with Crippen LogP contribution in [-0.2, 0) is 11.2 Å². The Hall–Kier alpha value is -1.66. The van der Waals surface area contributed by atoms with Gasteiger partial charge >= 0.3 is 0 Å². The molecular formula is C15H19N3O2S. The summed E-state index contributed by atoms with van der Waals surface area (Å²) in [7, 11) is 0. The zero-order chi connectivity index (χ0) is 14.7. The van der Waals surface area contributed by atoms with Gasteiger partial charge in [0.05, 0.1) is 24.9 Å². The fourth-order valence-electron chi connectivity index (χ4n) is 2.82. The number of nitrogens with zero attached hydrogens (tertiary/aromatic N) is 3. The Kier molecular flexibility index (Phi) is 4.36. The van der Waals surface area contributed by atoms with E-state index in [1.54, 1.807) is 23.9 Å². The summed E-state index contributed by atoms with van der Waals surface area (Å²) in [5, 5.41) is 14.3. The largest absolute Gasteiger partial charge is 0.391 e. The molecule has 1 fully saturated rings. The molecule has 0 bridgehead atoms. The molecule has 112 valence electrons. The molecule has 1 aliphatic rings. The molecule has 0 saturated carbocycles. The van der Waals surface area contributed by atoms with Crippen LogP contribution in [0.3, 0.4) is 0 Å². The average Bonchev–Trinajstić information content (AvgIpc) is 3.13. The van der Waals surface area contributed by atoms with Crippen LogP contribution in [0.5, 0.6) is 0 Å². The number of carbonyl (C=O) groups excluding carboxylic acids is 1. The van der Waals surface area contributed by atoms with Crippen molar-refractivity contribution in [3.63, 3.8) is 0 Å². The molecular weight excluding hydrogens is 286 g/mol. The van der Waals surface area contributed by atoms with Gasteiger partial charge in [0.15, 0.2) is 0 Å². The quantitative estimate of drug-likeness (QED) is 0.939. The number of carbonyl (C=O) groups is 1. The molecule has 0 unspecified atom stereocenters. The van der Waals surface area contributed by atoms with Gasteiger partial charge in [0.2, 0.25) is 5.91 Å². The summed E-state index contributed by atoms with van der Waals surface area (Å²) >= 11 is 1.61. The zero-order valence-electron chi connectivity index (χ0n) is 11.8. The molecule has 1 saturated heterocycles. The second kappa shape index (κ2) is 6.41. The lowest BCUT2D eigenvalue weighted by Gasteiger charge is -2.21. The minimum atomic E-state index is -0.432. The first-order valence-electron chi connectivity index (χ1n) is 7.18. The first-order chi connectivity index (χ1) is 10.2. The summed E-state index contributed by atoms with van der Waals surface area (Å²) < 4.78 is 1.94. The molecule has 0 radical (unpaired) electrons. The number of likely N-dealkylation sites (tertiary alicyclic amines) is 1. The molecule has 1 N–H and O–H groups in total. The van der Waals surface area contributed by atoms with Crippen molar-refractivity contribution in [3.05, 3.63) is 41.1 Å². The lowest BCUT2D eigenvalue weighted by atomic mass is 10.1. The average molecular weight is 305 g/mol. The summed E-state index contributed by atoms with van der Waals surface area (Å²) in [5.74, 6) is 0.145. The number of hydrogen-bond donors (Lipinski definition) is 1. The van der Waals surface area contributed by atoms with Crippen LogP contribution >= 0.6 is 11.3 Å². The molecule has 2 atom stereocenters. The van der Waals surface area contributed by atoms with Crippen molar-refractivity contribution >= 4 is 17.2 Å². The number of amides is 1. The van der Waals surface area contributed by atoms with Crippen molar-refractivity contribution in [2.75, 3.05) is 13.1 Å². The first kappa shape index (κ1) is 14.3. The van der Waals surface area contributed by atoms with E-state index < -0.39 is 6.10 Å². The van der Waals surface area contributed by atoms with E-state index in [1.165, 1.54) is 0 Å². The van der Waals surface area contributed by atoms with Crippen LogP contribution < -0.4 is 0 Å². The Morgan fingerprint density at radius 3 is 3.00 bits per heavy atom. The van der Waals surface area contributed by atoms with E-state index in [2.05, 4.69) is 4.98 Å². The van der Waals surface area contributed by atoms with Gasteiger partial charge in [-0.15, -0.1) is 0 Å². The minimum absolute atomic E-state index is 0.00597. The molecule has 0 aromatic carbocycles. The van der Waals surface area contributed by atoms with E-state index in [0.717, 1.165) is 12.0 Å². The standard InChI is InChI=1S/C15H19N3O2S/c19-14-2-6-17(15(20)9-12-3-8-21-10-12)5-1-13(14)18-7-4-16-11-18/h3-4,7-8,10-11,13-14,19H,1-2,5-6,9H2/t13-,14-/m0/s1. The van der Waals surface area contributed by atoms with Crippen LogP contribution in [0.25, 0.3) is 0 Å². The zero-order valence-corrected chi connectivity index (χ0v) is 12.6. The summed E-state index contributed by atoms with van der Waals surface area (Å²) in [6.45, 7) is 1.30. The molecule has 0 spiro atoms. The normalized spacial score (nSPS) is 23.0. The van der Waals surface area contributed by atoms with Crippen molar-refractivity contribution in [2.45, 2.75) is 31.4 Å². The Bertz CT molecular complexity index is 568. The van der Waals surface area contributed by atoms with Crippen molar-refractivity contribution in [2.24, 2.45) is 0 Å². The second-order valence-corrected chi connectivity index (χ2v) is 6.19. The van der Waals surface area contributed by atoms with Crippen molar-refractivity contribution < 1.29 is 9.90 Å². The Morgan fingerprint density at radius 2 is 2.29 bits per heavy atom. The van der Waals surface area contributed by atoms with Gasteiger partial charge in [0.1, 0.15) is 0 Å². The molecule has 6 heteroatoms. The first-order valence-corrected chi connectivity index (χ1v) is 8.12. The van der Waals surface area contributed by atoms with Gasteiger partial charge in [-0.1, -0.05) is 0 Å². The summed E-state index contributed by atoms with van der Waals surface area (Å²) in [6.07, 6.45) is 6.71.